The molecule has 4 rings (SSSR count). The monoisotopic (exact) mass is 382 g/mol. The van der Waals surface area contributed by atoms with E-state index in [-0.39, 0.29) is 0 Å². The van der Waals surface area contributed by atoms with Crippen molar-refractivity contribution in [3.05, 3.63) is 69.3 Å². The van der Waals surface area contributed by atoms with E-state index in [1.165, 1.54) is 47.0 Å². The second kappa shape index (κ2) is 4.70. The van der Waals surface area contributed by atoms with Gasteiger partial charge >= 0.3 is 0 Å². The second-order valence-corrected chi connectivity index (χ2v) is 6.73. The van der Waals surface area contributed by atoms with E-state index in [0.717, 1.165) is 0 Å². The van der Waals surface area contributed by atoms with Gasteiger partial charge in [0.15, 0.2) is 0 Å². The molecular formula is C20H15I. The van der Waals surface area contributed by atoms with Crippen molar-refractivity contribution in [1.82, 2.24) is 0 Å². The topological polar surface area (TPSA) is 0 Å². The summed E-state index contributed by atoms with van der Waals surface area (Å²) in [6, 6.07) is 19.8. The number of benzene rings is 4. The lowest BCUT2D eigenvalue weighted by atomic mass is 9.91. The first-order chi connectivity index (χ1) is 10.2. The summed E-state index contributed by atoms with van der Waals surface area (Å²) in [4.78, 5) is 0. The normalized spacial score (nSPS) is 11.6. The van der Waals surface area contributed by atoms with Gasteiger partial charge in [0.2, 0.25) is 0 Å². The van der Waals surface area contributed by atoms with Crippen molar-refractivity contribution in [3.8, 4) is 0 Å². The standard InChI is InChI=1S/C20H15I/c1-12-11-14-7-3-4-8-15(14)19-13(2)20(21)17-10-6-5-9-16(17)18(12)19/h3-11H,1-2H3. The van der Waals surface area contributed by atoms with Gasteiger partial charge in [-0.2, -0.15) is 0 Å². The molecule has 1 heteroatoms. The maximum Gasteiger partial charge on any atom is 0.0244 e. The highest BCUT2D eigenvalue weighted by Gasteiger charge is 2.13. The van der Waals surface area contributed by atoms with Gasteiger partial charge in [0, 0.05) is 3.57 Å². The fourth-order valence-electron chi connectivity index (χ4n) is 3.43. The van der Waals surface area contributed by atoms with E-state index in [0.29, 0.717) is 0 Å². The van der Waals surface area contributed by atoms with Crippen molar-refractivity contribution in [3.63, 3.8) is 0 Å². The molecule has 102 valence electrons. The fourth-order valence-corrected chi connectivity index (χ4v) is 4.17. The Hall–Kier alpha value is -1.61. The smallest absolute Gasteiger partial charge is 0.0244 e. The summed E-state index contributed by atoms with van der Waals surface area (Å²) in [7, 11) is 0. The first kappa shape index (κ1) is 13.1. The van der Waals surface area contributed by atoms with Crippen LogP contribution in [0.5, 0.6) is 0 Å². The van der Waals surface area contributed by atoms with E-state index in [1.54, 1.807) is 0 Å². The molecule has 0 amide bonds. The van der Waals surface area contributed by atoms with Crippen LogP contribution in [-0.2, 0) is 0 Å². The van der Waals surface area contributed by atoms with Gasteiger partial charge in [0.05, 0.1) is 0 Å². The molecule has 0 bridgehead atoms. The summed E-state index contributed by atoms with van der Waals surface area (Å²) in [5.74, 6) is 0. The molecule has 0 saturated carbocycles. The zero-order chi connectivity index (χ0) is 14.6. The highest BCUT2D eigenvalue weighted by molar-refractivity contribution is 14.1. The van der Waals surface area contributed by atoms with Crippen molar-refractivity contribution in [2.24, 2.45) is 0 Å². The van der Waals surface area contributed by atoms with Gasteiger partial charge in [0.1, 0.15) is 0 Å². The molecule has 0 N–H and O–H groups in total. The first-order valence-electron chi connectivity index (χ1n) is 7.17. The van der Waals surface area contributed by atoms with Gasteiger partial charge in [-0.05, 0) is 79.9 Å². The Morgan fingerprint density at radius 1 is 0.714 bits per heavy atom. The summed E-state index contributed by atoms with van der Waals surface area (Å²) in [6.45, 7) is 4.48. The lowest BCUT2D eigenvalue weighted by Crippen LogP contribution is -1.92. The molecule has 0 fully saturated rings. The van der Waals surface area contributed by atoms with Crippen molar-refractivity contribution in [1.29, 1.82) is 0 Å². The second-order valence-electron chi connectivity index (χ2n) is 5.65. The molecule has 0 aliphatic rings. The number of hydrogen-bond donors (Lipinski definition) is 0. The van der Waals surface area contributed by atoms with Crippen LogP contribution in [0.2, 0.25) is 0 Å². The molecule has 0 spiro atoms. The third kappa shape index (κ3) is 1.80. The molecule has 21 heavy (non-hydrogen) atoms. The van der Waals surface area contributed by atoms with Crippen LogP contribution in [0.25, 0.3) is 32.3 Å². The largest absolute Gasteiger partial charge is 0.0616 e. The highest BCUT2D eigenvalue weighted by Crippen LogP contribution is 2.39. The lowest BCUT2D eigenvalue weighted by Gasteiger charge is -2.15. The third-order valence-corrected chi connectivity index (χ3v) is 5.77. The average molecular weight is 382 g/mol. The average Bonchev–Trinajstić information content (AvgIpc) is 2.51. The minimum absolute atomic E-state index is 1.33. The van der Waals surface area contributed by atoms with Gasteiger partial charge < -0.3 is 0 Å². The summed E-state index contributed by atoms with van der Waals surface area (Å²) in [5, 5.41) is 8.24. The highest BCUT2D eigenvalue weighted by atomic mass is 127. The Kier molecular flexibility index (Phi) is 2.93. The first-order valence-corrected chi connectivity index (χ1v) is 8.25. The van der Waals surface area contributed by atoms with E-state index in [4.69, 9.17) is 0 Å². The lowest BCUT2D eigenvalue weighted by molar-refractivity contribution is 1.50. The Morgan fingerprint density at radius 2 is 1.33 bits per heavy atom. The quantitative estimate of drug-likeness (QED) is 0.245. The van der Waals surface area contributed by atoms with Gasteiger partial charge in [-0.3, -0.25) is 0 Å². The Balaban J connectivity index is 2.44. The Bertz CT molecular complexity index is 1010. The number of halogens is 1. The van der Waals surface area contributed by atoms with Crippen LogP contribution in [-0.4, -0.2) is 0 Å². The molecule has 0 atom stereocenters. The SMILES string of the molecule is Cc1c(I)c2ccccc2c2c(C)cc3ccccc3c12. The van der Waals surface area contributed by atoms with Crippen molar-refractivity contribution < 1.29 is 0 Å². The van der Waals surface area contributed by atoms with Gasteiger partial charge in [-0.15, -0.1) is 0 Å². The fraction of sp³-hybridized carbons (Fsp3) is 0.100. The predicted molar refractivity (Wildman–Crippen MR) is 101 cm³/mol. The number of aryl methyl sites for hydroxylation is 2. The minimum atomic E-state index is 1.33. The Morgan fingerprint density at radius 3 is 2.10 bits per heavy atom. The Labute approximate surface area is 137 Å². The number of fused-ring (bicyclic) bond motifs is 5. The number of hydrogen-bond acceptors (Lipinski definition) is 0. The van der Waals surface area contributed by atoms with E-state index in [9.17, 15) is 0 Å². The van der Waals surface area contributed by atoms with Crippen LogP contribution in [0, 0.1) is 17.4 Å². The van der Waals surface area contributed by atoms with Crippen LogP contribution in [0.1, 0.15) is 11.1 Å². The van der Waals surface area contributed by atoms with Crippen molar-refractivity contribution in [2.45, 2.75) is 13.8 Å². The molecule has 0 aromatic heterocycles. The van der Waals surface area contributed by atoms with Crippen LogP contribution in [0.4, 0.5) is 0 Å². The zero-order valence-corrected chi connectivity index (χ0v) is 14.2. The van der Waals surface area contributed by atoms with Crippen LogP contribution in [0.15, 0.2) is 54.6 Å². The summed E-state index contributed by atoms with van der Waals surface area (Å²) in [6.07, 6.45) is 0. The molecule has 0 radical (unpaired) electrons. The van der Waals surface area contributed by atoms with Gasteiger partial charge in [0.25, 0.3) is 0 Å². The molecule has 0 saturated heterocycles. The molecule has 0 aliphatic heterocycles. The third-order valence-electron chi connectivity index (χ3n) is 4.38. The molecule has 0 unspecified atom stereocenters. The summed E-state index contributed by atoms with van der Waals surface area (Å²) >= 11 is 2.50. The molecule has 4 aromatic rings. The van der Waals surface area contributed by atoms with E-state index >= 15 is 0 Å². The van der Waals surface area contributed by atoms with E-state index < -0.39 is 0 Å². The molecular weight excluding hydrogens is 367 g/mol. The molecule has 4 aromatic carbocycles. The molecule has 0 aliphatic carbocycles. The van der Waals surface area contributed by atoms with E-state index in [1.807, 2.05) is 0 Å². The minimum Gasteiger partial charge on any atom is -0.0616 e. The maximum atomic E-state index is 2.50. The van der Waals surface area contributed by atoms with E-state index in [2.05, 4.69) is 91.0 Å². The summed E-state index contributed by atoms with van der Waals surface area (Å²) in [5.41, 5.74) is 2.75. The molecule has 0 nitrogen and oxygen atoms in total. The van der Waals surface area contributed by atoms with Crippen LogP contribution < -0.4 is 0 Å². The van der Waals surface area contributed by atoms with Crippen LogP contribution in [0.3, 0.4) is 0 Å². The number of rotatable bonds is 0. The van der Waals surface area contributed by atoms with Gasteiger partial charge in [-0.1, -0.05) is 54.6 Å². The summed E-state index contributed by atoms with van der Waals surface area (Å²) < 4.78 is 1.37. The molecule has 0 heterocycles. The van der Waals surface area contributed by atoms with Crippen molar-refractivity contribution >= 4 is 54.9 Å². The predicted octanol–water partition coefficient (Wildman–Crippen LogP) is 6.37. The zero-order valence-electron chi connectivity index (χ0n) is 12.1. The van der Waals surface area contributed by atoms with Crippen LogP contribution >= 0.6 is 22.6 Å². The van der Waals surface area contributed by atoms with Gasteiger partial charge in [-0.25, -0.2) is 0 Å². The maximum absolute atomic E-state index is 2.50. The van der Waals surface area contributed by atoms with Crippen molar-refractivity contribution in [2.75, 3.05) is 0 Å².